The summed E-state index contributed by atoms with van der Waals surface area (Å²) in [5, 5.41) is 0. The van der Waals surface area contributed by atoms with Crippen LogP contribution in [0.4, 0.5) is 0 Å². The molecule has 0 nitrogen and oxygen atoms in total. The maximum absolute atomic E-state index is 2.35. The first-order chi connectivity index (χ1) is 11.8. The van der Waals surface area contributed by atoms with E-state index in [-0.39, 0.29) is 10.8 Å². The van der Waals surface area contributed by atoms with E-state index in [4.69, 9.17) is 0 Å². The van der Waals surface area contributed by atoms with E-state index in [2.05, 4.69) is 101 Å². The topological polar surface area (TPSA) is 0 Å². The molecular formula is C25H26. The summed E-state index contributed by atoms with van der Waals surface area (Å²) in [7, 11) is 0. The summed E-state index contributed by atoms with van der Waals surface area (Å²) in [5.41, 5.74) is 9.94. The van der Waals surface area contributed by atoms with Crippen LogP contribution in [0.2, 0.25) is 0 Å². The standard InChI is InChI=1S/C25H26/c1-24(2,3)18-15-13-17(14-16-18)19-10-8-11-21-20-9-6-7-12-22(20)25(4,5)23(19)21/h6-16H,1-5H3. The Labute approximate surface area is 151 Å². The van der Waals surface area contributed by atoms with Gasteiger partial charge in [0.25, 0.3) is 0 Å². The second kappa shape index (κ2) is 5.33. The molecule has 0 heterocycles. The molecule has 0 N–H and O–H groups in total. The van der Waals surface area contributed by atoms with Crippen LogP contribution < -0.4 is 0 Å². The Morgan fingerprint density at radius 1 is 0.640 bits per heavy atom. The Hall–Kier alpha value is -2.34. The van der Waals surface area contributed by atoms with Gasteiger partial charge in [-0.1, -0.05) is 101 Å². The summed E-state index contributed by atoms with van der Waals surface area (Å²) < 4.78 is 0. The molecule has 1 aliphatic rings. The molecule has 25 heavy (non-hydrogen) atoms. The molecule has 0 bridgehead atoms. The van der Waals surface area contributed by atoms with Crippen LogP contribution in [-0.2, 0) is 10.8 Å². The van der Waals surface area contributed by atoms with E-state index in [0.717, 1.165) is 0 Å². The number of fused-ring (bicyclic) bond motifs is 3. The van der Waals surface area contributed by atoms with Gasteiger partial charge in [-0.2, -0.15) is 0 Å². The second-order valence-corrected chi connectivity index (χ2v) is 8.73. The van der Waals surface area contributed by atoms with Crippen molar-refractivity contribution < 1.29 is 0 Å². The van der Waals surface area contributed by atoms with Crippen molar-refractivity contribution in [2.24, 2.45) is 0 Å². The van der Waals surface area contributed by atoms with E-state index < -0.39 is 0 Å². The predicted octanol–water partition coefficient (Wildman–Crippen LogP) is 6.96. The van der Waals surface area contributed by atoms with E-state index in [1.54, 1.807) is 0 Å². The van der Waals surface area contributed by atoms with E-state index in [1.165, 1.54) is 38.9 Å². The van der Waals surface area contributed by atoms with Crippen LogP contribution >= 0.6 is 0 Å². The fraction of sp³-hybridized carbons (Fsp3) is 0.280. The number of rotatable bonds is 1. The highest BCUT2D eigenvalue weighted by Gasteiger charge is 2.37. The van der Waals surface area contributed by atoms with Crippen molar-refractivity contribution in [3.05, 3.63) is 83.4 Å². The van der Waals surface area contributed by atoms with E-state index in [1.807, 2.05) is 0 Å². The third-order valence-electron chi connectivity index (χ3n) is 5.64. The molecule has 0 radical (unpaired) electrons. The van der Waals surface area contributed by atoms with Gasteiger partial charge in [-0.05, 0) is 44.4 Å². The quantitative estimate of drug-likeness (QED) is 0.453. The number of hydrogen-bond acceptors (Lipinski definition) is 0. The summed E-state index contributed by atoms with van der Waals surface area (Å²) in [6.45, 7) is 11.5. The lowest BCUT2D eigenvalue weighted by Gasteiger charge is -2.25. The largest absolute Gasteiger partial charge is 0.0619 e. The molecule has 4 rings (SSSR count). The van der Waals surface area contributed by atoms with Crippen molar-refractivity contribution in [2.75, 3.05) is 0 Å². The molecule has 0 saturated carbocycles. The fourth-order valence-corrected chi connectivity index (χ4v) is 4.24. The Balaban J connectivity index is 1.90. The number of hydrogen-bond donors (Lipinski definition) is 0. The second-order valence-electron chi connectivity index (χ2n) is 8.73. The maximum Gasteiger partial charge on any atom is 0.0165 e. The minimum Gasteiger partial charge on any atom is -0.0619 e. The van der Waals surface area contributed by atoms with Gasteiger partial charge in [0.2, 0.25) is 0 Å². The molecule has 0 aliphatic heterocycles. The van der Waals surface area contributed by atoms with Gasteiger partial charge in [-0.15, -0.1) is 0 Å². The van der Waals surface area contributed by atoms with Crippen molar-refractivity contribution in [2.45, 2.75) is 45.4 Å². The predicted molar refractivity (Wildman–Crippen MR) is 108 cm³/mol. The van der Waals surface area contributed by atoms with E-state index >= 15 is 0 Å². The van der Waals surface area contributed by atoms with Crippen LogP contribution in [0.15, 0.2) is 66.7 Å². The van der Waals surface area contributed by atoms with Crippen LogP contribution in [0.25, 0.3) is 22.3 Å². The third kappa shape index (κ3) is 2.43. The van der Waals surface area contributed by atoms with Crippen molar-refractivity contribution in [3.8, 4) is 22.3 Å². The van der Waals surface area contributed by atoms with Crippen molar-refractivity contribution in [1.82, 2.24) is 0 Å². The lowest BCUT2D eigenvalue weighted by molar-refractivity contribution is 0.590. The first-order valence-electron chi connectivity index (χ1n) is 9.14. The Bertz CT molecular complexity index is 935. The Morgan fingerprint density at radius 3 is 1.92 bits per heavy atom. The van der Waals surface area contributed by atoms with Gasteiger partial charge in [0.15, 0.2) is 0 Å². The third-order valence-corrected chi connectivity index (χ3v) is 5.64. The van der Waals surface area contributed by atoms with Gasteiger partial charge in [0.05, 0.1) is 0 Å². The summed E-state index contributed by atoms with van der Waals surface area (Å²) in [6, 6.07) is 24.7. The minimum absolute atomic E-state index is 0.0330. The van der Waals surface area contributed by atoms with Gasteiger partial charge in [0.1, 0.15) is 0 Å². The highest BCUT2D eigenvalue weighted by atomic mass is 14.4. The number of benzene rings is 3. The summed E-state index contributed by atoms with van der Waals surface area (Å²) in [4.78, 5) is 0. The molecule has 0 atom stereocenters. The molecule has 0 fully saturated rings. The van der Waals surface area contributed by atoms with Gasteiger partial charge >= 0.3 is 0 Å². The van der Waals surface area contributed by atoms with Crippen LogP contribution in [0.1, 0.15) is 51.3 Å². The van der Waals surface area contributed by atoms with E-state index in [0.29, 0.717) is 0 Å². The summed E-state index contributed by atoms with van der Waals surface area (Å²) in [5.74, 6) is 0. The van der Waals surface area contributed by atoms with Gasteiger partial charge < -0.3 is 0 Å². The van der Waals surface area contributed by atoms with Crippen LogP contribution in [0, 0.1) is 0 Å². The average Bonchev–Trinajstić information content (AvgIpc) is 2.83. The zero-order chi connectivity index (χ0) is 17.8. The van der Waals surface area contributed by atoms with Crippen molar-refractivity contribution >= 4 is 0 Å². The average molecular weight is 326 g/mol. The molecule has 0 unspecified atom stereocenters. The maximum atomic E-state index is 2.35. The molecule has 0 heteroatoms. The molecule has 0 aromatic heterocycles. The van der Waals surface area contributed by atoms with Crippen LogP contribution in [0.5, 0.6) is 0 Å². The molecule has 0 spiro atoms. The zero-order valence-electron chi connectivity index (χ0n) is 15.9. The zero-order valence-corrected chi connectivity index (χ0v) is 15.9. The van der Waals surface area contributed by atoms with Gasteiger partial charge in [-0.25, -0.2) is 0 Å². The normalized spacial score (nSPS) is 14.9. The molecule has 1 aliphatic carbocycles. The highest BCUT2D eigenvalue weighted by Crippen LogP contribution is 2.51. The molecule has 0 saturated heterocycles. The summed E-state index contributed by atoms with van der Waals surface area (Å²) >= 11 is 0. The van der Waals surface area contributed by atoms with Gasteiger partial charge in [-0.3, -0.25) is 0 Å². The monoisotopic (exact) mass is 326 g/mol. The minimum atomic E-state index is 0.0330. The molecular weight excluding hydrogens is 300 g/mol. The van der Waals surface area contributed by atoms with Crippen molar-refractivity contribution in [3.63, 3.8) is 0 Å². The first-order valence-corrected chi connectivity index (χ1v) is 9.14. The van der Waals surface area contributed by atoms with Crippen molar-refractivity contribution in [1.29, 1.82) is 0 Å². The molecule has 126 valence electrons. The van der Waals surface area contributed by atoms with Crippen LogP contribution in [-0.4, -0.2) is 0 Å². The summed E-state index contributed by atoms with van der Waals surface area (Å²) in [6.07, 6.45) is 0. The Kier molecular flexibility index (Phi) is 3.44. The Morgan fingerprint density at radius 2 is 1.24 bits per heavy atom. The highest BCUT2D eigenvalue weighted by molar-refractivity contribution is 5.88. The van der Waals surface area contributed by atoms with Crippen LogP contribution in [0.3, 0.4) is 0 Å². The molecule has 0 amide bonds. The SMILES string of the molecule is CC(C)(C)c1ccc(-c2cccc3c2C(C)(C)c2ccccc2-3)cc1. The van der Waals surface area contributed by atoms with Gasteiger partial charge in [0, 0.05) is 5.41 Å². The molecule has 3 aromatic carbocycles. The fourth-order valence-electron chi connectivity index (χ4n) is 4.24. The lowest BCUT2D eigenvalue weighted by Crippen LogP contribution is -2.16. The van der Waals surface area contributed by atoms with E-state index in [9.17, 15) is 0 Å². The molecule has 3 aromatic rings. The first kappa shape index (κ1) is 16.1. The smallest absolute Gasteiger partial charge is 0.0165 e. The lowest BCUT2D eigenvalue weighted by atomic mass is 9.78.